The van der Waals surface area contributed by atoms with Gasteiger partial charge in [0.2, 0.25) is 0 Å². The third-order valence-electron chi connectivity index (χ3n) is 19.0. The molecular formula is C89H162NO8P. The van der Waals surface area contributed by atoms with Gasteiger partial charge in [-0.05, 0) is 96.3 Å². The van der Waals surface area contributed by atoms with Gasteiger partial charge in [0.25, 0.3) is 0 Å². The Morgan fingerprint density at radius 2 is 0.556 bits per heavy atom. The van der Waals surface area contributed by atoms with Crippen LogP contribution in [0.1, 0.15) is 425 Å². The fourth-order valence-corrected chi connectivity index (χ4v) is 13.4. The van der Waals surface area contributed by atoms with Crippen LogP contribution < -0.4 is 5.73 Å². The van der Waals surface area contributed by atoms with Gasteiger partial charge in [-0.1, -0.05) is 413 Å². The summed E-state index contributed by atoms with van der Waals surface area (Å²) in [5, 5.41) is 0. The number of ether oxygens (including phenoxy) is 2. The summed E-state index contributed by atoms with van der Waals surface area (Å²) in [4.78, 5) is 35.5. The Bertz CT molecular complexity index is 1950. The van der Waals surface area contributed by atoms with Crippen molar-refractivity contribution in [3.8, 4) is 0 Å². The number of phosphoric acid groups is 1. The van der Waals surface area contributed by atoms with Crippen molar-refractivity contribution in [3.63, 3.8) is 0 Å². The fraction of sp³-hybridized carbons (Fsp3) is 0.798. The van der Waals surface area contributed by atoms with Gasteiger partial charge in [0, 0.05) is 19.4 Å². The Labute approximate surface area is 614 Å². The molecule has 0 saturated heterocycles. The zero-order valence-corrected chi connectivity index (χ0v) is 66.1. The molecular weight excluding hydrogens is 1240 g/mol. The highest BCUT2D eigenvalue weighted by molar-refractivity contribution is 7.47. The first-order valence-electron chi connectivity index (χ1n) is 42.7. The first kappa shape index (κ1) is 95.9. The molecule has 0 aliphatic heterocycles. The molecule has 2 unspecified atom stereocenters. The van der Waals surface area contributed by atoms with E-state index in [1.165, 1.54) is 315 Å². The van der Waals surface area contributed by atoms with Crippen LogP contribution in [0.5, 0.6) is 0 Å². The van der Waals surface area contributed by atoms with E-state index in [2.05, 4.69) is 111 Å². The van der Waals surface area contributed by atoms with Crippen LogP contribution in [0.15, 0.2) is 97.2 Å². The number of carbonyl (C=O) groups excluding carboxylic acids is 2. The topological polar surface area (TPSA) is 134 Å². The normalized spacial score (nSPS) is 13.3. The average Bonchev–Trinajstić information content (AvgIpc) is 1.35. The smallest absolute Gasteiger partial charge is 0.462 e. The molecule has 99 heavy (non-hydrogen) atoms. The van der Waals surface area contributed by atoms with E-state index >= 15 is 0 Å². The van der Waals surface area contributed by atoms with E-state index in [1.807, 2.05) is 0 Å². The second-order valence-electron chi connectivity index (χ2n) is 28.7. The average molecular weight is 1410 g/mol. The van der Waals surface area contributed by atoms with Gasteiger partial charge in [0.1, 0.15) is 6.61 Å². The summed E-state index contributed by atoms with van der Waals surface area (Å²) in [6.45, 7) is 3.68. The molecule has 3 N–H and O–H groups in total. The van der Waals surface area contributed by atoms with E-state index in [1.54, 1.807) is 0 Å². The van der Waals surface area contributed by atoms with Crippen LogP contribution >= 0.6 is 7.82 Å². The van der Waals surface area contributed by atoms with E-state index in [-0.39, 0.29) is 38.6 Å². The molecule has 0 amide bonds. The largest absolute Gasteiger partial charge is 0.472 e. The lowest BCUT2D eigenvalue weighted by atomic mass is 10.0. The quantitative estimate of drug-likeness (QED) is 0.0264. The molecule has 0 aromatic rings. The Hall–Kier alpha value is -3.07. The van der Waals surface area contributed by atoms with E-state index < -0.39 is 26.5 Å². The maximum atomic E-state index is 12.8. The number of hydrogen-bond acceptors (Lipinski definition) is 8. The van der Waals surface area contributed by atoms with Crippen molar-refractivity contribution in [1.82, 2.24) is 0 Å². The van der Waals surface area contributed by atoms with E-state index in [0.29, 0.717) is 6.42 Å². The molecule has 0 heterocycles. The number of unbranched alkanes of at least 4 members (excludes halogenated alkanes) is 52. The number of hydrogen-bond donors (Lipinski definition) is 2. The van der Waals surface area contributed by atoms with Gasteiger partial charge in [-0.3, -0.25) is 18.6 Å². The monoisotopic (exact) mass is 1400 g/mol. The molecule has 0 saturated carbocycles. The Morgan fingerprint density at radius 3 is 0.828 bits per heavy atom. The Kier molecular flexibility index (Phi) is 81.3. The summed E-state index contributed by atoms with van der Waals surface area (Å²) >= 11 is 0. The van der Waals surface area contributed by atoms with Gasteiger partial charge in [0.15, 0.2) is 6.10 Å². The van der Waals surface area contributed by atoms with Crippen molar-refractivity contribution < 1.29 is 37.6 Å². The zero-order valence-electron chi connectivity index (χ0n) is 65.2. The molecule has 0 radical (unpaired) electrons. The first-order chi connectivity index (χ1) is 48.8. The highest BCUT2D eigenvalue weighted by Crippen LogP contribution is 2.43. The molecule has 0 bridgehead atoms. The van der Waals surface area contributed by atoms with Crippen LogP contribution in [0.25, 0.3) is 0 Å². The number of phosphoric ester groups is 1. The summed E-state index contributed by atoms with van der Waals surface area (Å²) in [6, 6.07) is 0. The Balaban J connectivity index is 3.74. The zero-order chi connectivity index (χ0) is 71.5. The number of rotatable bonds is 81. The highest BCUT2D eigenvalue weighted by Gasteiger charge is 2.26. The number of esters is 2. The molecule has 0 aliphatic carbocycles. The fourth-order valence-electron chi connectivity index (χ4n) is 12.7. The van der Waals surface area contributed by atoms with Crippen LogP contribution in [-0.4, -0.2) is 49.3 Å². The lowest BCUT2D eigenvalue weighted by Crippen LogP contribution is -2.29. The number of carbonyl (C=O) groups is 2. The molecule has 0 fully saturated rings. The summed E-state index contributed by atoms with van der Waals surface area (Å²) in [5.74, 6) is -0.805. The second-order valence-corrected chi connectivity index (χ2v) is 30.1. The summed E-state index contributed by atoms with van der Waals surface area (Å²) in [5.41, 5.74) is 5.42. The molecule has 0 aromatic carbocycles. The van der Waals surface area contributed by atoms with Crippen LogP contribution in [0.2, 0.25) is 0 Å². The number of allylic oxidation sites excluding steroid dienone is 16. The van der Waals surface area contributed by atoms with E-state index in [9.17, 15) is 19.0 Å². The van der Waals surface area contributed by atoms with Gasteiger partial charge in [-0.2, -0.15) is 0 Å². The van der Waals surface area contributed by atoms with E-state index in [4.69, 9.17) is 24.3 Å². The highest BCUT2D eigenvalue weighted by atomic mass is 31.2. The summed E-state index contributed by atoms with van der Waals surface area (Å²) in [6.07, 6.45) is 116. The van der Waals surface area contributed by atoms with Crippen LogP contribution in [-0.2, 0) is 32.7 Å². The summed E-state index contributed by atoms with van der Waals surface area (Å²) in [7, 11) is -4.40. The molecule has 0 aliphatic rings. The SMILES string of the molecule is CC/C=C\C/C=C\C/C=C\C/C=C\C/C=C\CCCCCCCCCCCCCCCCCCCCCCCCCC(=O)OC(COC(=O)CCCCCCCCCCCCCCCCCCCCCCCCCC/C=C\C/C=C\C/C=C\CCCCCCC)COP(=O)(O)OCCN. The predicted octanol–water partition coefficient (Wildman–Crippen LogP) is 29.0. The third-order valence-corrected chi connectivity index (χ3v) is 19.9. The van der Waals surface area contributed by atoms with Crippen molar-refractivity contribution in [3.05, 3.63) is 97.2 Å². The van der Waals surface area contributed by atoms with Gasteiger partial charge in [0.05, 0.1) is 13.2 Å². The van der Waals surface area contributed by atoms with Crippen molar-refractivity contribution >= 4 is 19.8 Å². The Morgan fingerprint density at radius 1 is 0.313 bits per heavy atom. The predicted molar refractivity (Wildman–Crippen MR) is 432 cm³/mol. The molecule has 10 heteroatoms. The first-order valence-corrected chi connectivity index (χ1v) is 44.2. The van der Waals surface area contributed by atoms with Crippen molar-refractivity contribution in [2.75, 3.05) is 26.4 Å². The molecule has 0 rings (SSSR count). The van der Waals surface area contributed by atoms with Gasteiger partial charge in [-0.15, -0.1) is 0 Å². The minimum Gasteiger partial charge on any atom is -0.462 e. The van der Waals surface area contributed by atoms with Crippen LogP contribution in [0.4, 0.5) is 0 Å². The summed E-state index contributed by atoms with van der Waals surface area (Å²) < 4.78 is 33.3. The van der Waals surface area contributed by atoms with Crippen LogP contribution in [0.3, 0.4) is 0 Å². The van der Waals surface area contributed by atoms with Crippen molar-refractivity contribution in [2.45, 2.75) is 431 Å². The maximum Gasteiger partial charge on any atom is 0.472 e. The molecule has 576 valence electrons. The molecule has 9 nitrogen and oxygen atoms in total. The minimum atomic E-state index is -4.40. The lowest BCUT2D eigenvalue weighted by Gasteiger charge is -2.19. The standard InChI is InChI=1S/C89H162NO8P/c1-3-5-7-9-11-13-15-17-19-21-23-25-27-29-31-33-35-37-39-41-43-45-47-49-51-53-55-57-59-61-63-65-67-69-71-73-75-77-79-81-88(91)95-85-87(86-97-99(93,94)96-84-83-90)98-89(92)82-80-78-76-74-72-70-68-66-64-62-60-58-56-54-52-50-48-46-44-42-40-38-36-34-32-30-28-26-24-22-20-18-16-14-12-10-8-6-4-2/h6,8,12,14-15,17-18,20-21,23-24,26-27,29-30,32,87H,3-5,7,9-11,13,16,19,22,25,28,31,33-86,90H2,1-2H3,(H,93,94)/b8-6-,14-12-,17-15-,20-18-,23-21-,26-24-,29-27-,32-30-. The maximum absolute atomic E-state index is 12.8. The molecule has 0 aromatic heterocycles. The lowest BCUT2D eigenvalue weighted by molar-refractivity contribution is -0.161. The van der Waals surface area contributed by atoms with Crippen molar-refractivity contribution in [2.24, 2.45) is 5.73 Å². The molecule has 2 atom stereocenters. The minimum absolute atomic E-state index is 0.0542. The van der Waals surface area contributed by atoms with Gasteiger partial charge >= 0.3 is 19.8 Å². The van der Waals surface area contributed by atoms with Crippen LogP contribution in [0, 0.1) is 0 Å². The molecule has 0 spiro atoms. The third kappa shape index (κ3) is 83.8. The van der Waals surface area contributed by atoms with Gasteiger partial charge in [-0.25, -0.2) is 4.57 Å². The number of nitrogens with two attached hydrogens (primary N) is 1. The van der Waals surface area contributed by atoms with Gasteiger partial charge < -0.3 is 20.1 Å². The second kappa shape index (κ2) is 83.9. The van der Waals surface area contributed by atoms with Crippen molar-refractivity contribution in [1.29, 1.82) is 0 Å². The van der Waals surface area contributed by atoms with E-state index in [0.717, 1.165) is 77.0 Å².